The van der Waals surface area contributed by atoms with Gasteiger partial charge >= 0.3 is 5.97 Å². The molecule has 1 amide bonds. The molecule has 1 aromatic rings. The van der Waals surface area contributed by atoms with E-state index in [1.807, 2.05) is 11.4 Å². The number of thiophene rings is 1. The molecule has 0 aliphatic heterocycles. The van der Waals surface area contributed by atoms with Crippen LogP contribution in [0, 0.1) is 0 Å². The molecule has 1 N–H and O–H groups in total. The molecule has 5 nitrogen and oxygen atoms in total. The molecule has 0 radical (unpaired) electrons. The van der Waals surface area contributed by atoms with Crippen LogP contribution >= 0.6 is 11.3 Å². The van der Waals surface area contributed by atoms with Gasteiger partial charge < -0.3 is 14.7 Å². The van der Waals surface area contributed by atoms with Crippen molar-refractivity contribution in [2.75, 3.05) is 20.8 Å². The Morgan fingerprint density at radius 3 is 2.89 bits per heavy atom. The number of carbonyl (C=O) groups is 2. The van der Waals surface area contributed by atoms with Crippen molar-refractivity contribution in [1.29, 1.82) is 0 Å². The van der Waals surface area contributed by atoms with Crippen LogP contribution in [0.5, 0.6) is 0 Å². The highest BCUT2D eigenvalue weighted by Crippen LogP contribution is 2.17. The third kappa shape index (κ3) is 5.67. The Balaban J connectivity index is 2.53. The van der Waals surface area contributed by atoms with Gasteiger partial charge in [0.1, 0.15) is 0 Å². The van der Waals surface area contributed by atoms with Crippen LogP contribution in [0.3, 0.4) is 0 Å². The van der Waals surface area contributed by atoms with E-state index < -0.39 is 5.97 Å². The first-order chi connectivity index (χ1) is 9.02. The molecule has 6 heteroatoms. The fraction of sp³-hybridized carbons (Fsp3) is 0.385. The topological polar surface area (TPSA) is 66.8 Å². The molecule has 0 aliphatic rings. The molecular weight excluding hydrogens is 266 g/mol. The first-order valence-electron chi connectivity index (χ1n) is 5.74. The molecule has 1 rings (SSSR count). The lowest BCUT2D eigenvalue weighted by atomic mass is 10.2. The highest BCUT2D eigenvalue weighted by atomic mass is 32.1. The van der Waals surface area contributed by atoms with Crippen LogP contribution < -0.4 is 0 Å². The second-order valence-corrected chi connectivity index (χ2v) is 4.96. The summed E-state index contributed by atoms with van der Waals surface area (Å²) in [7, 11) is 3.30. The van der Waals surface area contributed by atoms with Crippen LogP contribution in [0.1, 0.15) is 16.9 Å². The smallest absolute Gasteiger partial charge is 0.328 e. The van der Waals surface area contributed by atoms with E-state index in [0.29, 0.717) is 19.6 Å². The van der Waals surface area contributed by atoms with E-state index >= 15 is 0 Å². The van der Waals surface area contributed by atoms with Gasteiger partial charge in [-0.2, -0.15) is 0 Å². The van der Waals surface area contributed by atoms with Gasteiger partial charge in [-0.05, 0) is 23.1 Å². The van der Waals surface area contributed by atoms with E-state index in [2.05, 4.69) is 0 Å². The summed E-state index contributed by atoms with van der Waals surface area (Å²) in [4.78, 5) is 24.6. The molecule has 0 fully saturated rings. The van der Waals surface area contributed by atoms with Gasteiger partial charge in [0.15, 0.2) is 0 Å². The minimum atomic E-state index is -0.971. The van der Waals surface area contributed by atoms with E-state index in [0.717, 1.165) is 16.5 Å². The van der Waals surface area contributed by atoms with Crippen LogP contribution in [0.15, 0.2) is 17.5 Å². The van der Waals surface area contributed by atoms with E-state index in [4.69, 9.17) is 9.84 Å². The number of aliphatic carboxylic acids is 1. The van der Waals surface area contributed by atoms with Crippen LogP contribution in [0.4, 0.5) is 0 Å². The Morgan fingerprint density at radius 2 is 2.26 bits per heavy atom. The van der Waals surface area contributed by atoms with Crippen molar-refractivity contribution in [3.8, 4) is 0 Å². The standard InChI is InChI=1S/C13H17NO4S/c1-14(12(15)5-6-18-2)8-10-7-11(19-9-10)3-4-13(16)17/h3-4,7,9H,5-6,8H2,1-2H3,(H,16,17). The molecule has 1 heterocycles. The van der Waals surface area contributed by atoms with Crippen molar-refractivity contribution in [3.05, 3.63) is 28.0 Å². The average Bonchev–Trinajstić information content (AvgIpc) is 2.81. The number of hydrogen-bond donors (Lipinski definition) is 1. The lowest BCUT2D eigenvalue weighted by Crippen LogP contribution is -2.26. The maximum atomic E-state index is 11.7. The van der Waals surface area contributed by atoms with Gasteiger partial charge in [-0.25, -0.2) is 4.79 Å². The molecular formula is C13H17NO4S. The third-order valence-electron chi connectivity index (χ3n) is 2.43. The number of nitrogens with zero attached hydrogens (tertiary/aromatic N) is 1. The van der Waals surface area contributed by atoms with Gasteiger partial charge in [-0.15, -0.1) is 11.3 Å². The van der Waals surface area contributed by atoms with Crippen molar-refractivity contribution in [2.45, 2.75) is 13.0 Å². The summed E-state index contributed by atoms with van der Waals surface area (Å²) in [5.41, 5.74) is 0.989. The SMILES string of the molecule is COCCC(=O)N(C)Cc1csc(C=CC(=O)O)c1. The quantitative estimate of drug-likeness (QED) is 0.775. The van der Waals surface area contributed by atoms with Gasteiger partial charge in [0.05, 0.1) is 13.0 Å². The monoisotopic (exact) mass is 283 g/mol. The predicted molar refractivity (Wildman–Crippen MR) is 74.0 cm³/mol. The molecule has 0 saturated carbocycles. The Kier molecular flexibility index (Phi) is 6.24. The molecule has 0 saturated heterocycles. The fourth-order valence-corrected chi connectivity index (χ4v) is 2.26. The van der Waals surface area contributed by atoms with E-state index in [9.17, 15) is 9.59 Å². The zero-order chi connectivity index (χ0) is 14.3. The van der Waals surface area contributed by atoms with Crippen molar-refractivity contribution in [2.24, 2.45) is 0 Å². The van der Waals surface area contributed by atoms with Gasteiger partial charge in [0.25, 0.3) is 0 Å². The first kappa shape index (κ1) is 15.4. The lowest BCUT2D eigenvalue weighted by Gasteiger charge is -2.15. The summed E-state index contributed by atoms with van der Waals surface area (Å²) in [6.45, 7) is 0.930. The summed E-state index contributed by atoms with van der Waals surface area (Å²) >= 11 is 1.45. The van der Waals surface area contributed by atoms with Gasteiger partial charge in [-0.1, -0.05) is 0 Å². The van der Waals surface area contributed by atoms with Gasteiger partial charge in [0.2, 0.25) is 5.91 Å². The molecule has 19 heavy (non-hydrogen) atoms. The molecule has 0 atom stereocenters. The van der Waals surface area contributed by atoms with Crippen molar-refractivity contribution >= 4 is 29.3 Å². The highest BCUT2D eigenvalue weighted by Gasteiger charge is 2.09. The number of rotatable bonds is 7. The Morgan fingerprint density at radius 1 is 1.53 bits per heavy atom. The van der Waals surface area contributed by atoms with Crippen LogP contribution in [-0.2, 0) is 20.9 Å². The minimum absolute atomic E-state index is 0.0238. The second kappa shape index (κ2) is 7.70. The minimum Gasteiger partial charge on any atom is -0.478 e. The summed E-state index contributed by atoms with van der Waals surface area (Å²) < 4.78 is 4.86. The molecule has 1 aromatic heterocycles. The molecule has 0 aliphatic carbocycles. The van der Waals surface area contributed by atoms with Gasteiger partial charge in [0, 0.05) is 31.7 Å². The maximum Gasteiger partial charge on any atom is 0.328 e. The first-order valence-corrected chi connectivity index (χ1v) is 6.62. The third-order valence-corrected chi connectivity index (χ3v) is 3.38. The molecule has 0 spiro atoms. The Bertz CT molecular complexity index is 467. The number of hydrogen-bond acceptors (Lipinski definition) is 4. The van der Waals surface area contributed by atoms with Crippen molar-refractivity contribution in [1.82, 2.24) is 4.90 Å². The number of ether oxygens (including phenoxy) is 1. The summed E-state index contributed by atoms with van der Waals surface area (Å²) in [5, 5.41) is 10.5. The number of carbonyl (C=O) groups excluding carboxylic acids is 1. The number of methoxy groups -OCH3 is 1. The molecule has 0 aromatic carbocycles. The predicted octanol–water partition coefficient (Wildman–Crippen LogP) is 1.84. The Hall–Kier alpha value is -1.66. The molecule has 0 bridgehead atoms. The van der Waals surface area contributed by atoms with Gasteiger partial charge in [-0.3, -0.25) is 4.79 Å². The summed E-state index contributed by atoms with van der Waals surface area (Å²) in [6.07, 6.45) is 3.01. The average molecular weight is 283 g/mol. The van der Waals surface area contributed by atoms with Crippen molar-refractivity contribution in [3.63, 3.8) is 0 Å². The number of carboxylic acid groups (broad SMARTS) is 1. The maximum absolute atomic E-state index is 11.7. The zero-order valence-electron chi connectivity index (χ0n) is 11.0. The Labute approximate surface area is 116 Å². The van der Waals surface area contributed by atoms with Crippen LogP contribution in [0.25, 0.3) is 6.08 Å². The van der Waals surface area contributed by atoms with Crippen molar-refractivity contribution < 1.29 is 19.4 Å². The largest absolute Gasteiger partial charge is 0.478 e. The lowest BCUT2D eigenvalue weighted by molar-refractivity contribution is -0.132. The molecule has 0 unspecified atom stereocenters. The van der Waals surface area contributed by atoms with E-state index in [1.165, 1.54) is 11.3 Å². The second-order valence-electron chi connectivity index (χ2n) is 4.02. The number of carboxylic acids is 1. The zero-order valence-corrected chi connectivity index (χ0v) is 11.8. The summed E-state index contributed by atoms with van der Waals surface area (Å²) in [5.74, 6) is -0.947. The summed E-state index contributed by atoms with van der Waals surface area (Å²) in [6, 6.07) is 1.88. The van der Waals surface area contributed by atoms with E-state index in [-0.39, 0.29) is 5.91 Å². The molecule has 104 valence electrons. The highest BCUT2D eigenvalue weighted by molar-refractivity contribution is 7.11. The van der Waals surface area contributed by atoms with Crippen LogP contribution in [0.2, 0.25) is 0 Å². The number of amides is 1. The van der Waals surface area contributed by atoms with E-state index in [1.54, 1.807) is 25.1 Å². The fourth-order valence-electron chi connectivity index (χ4n) is 1.46. The van der Waals surface area contributed by atoms with Crippen LogP contribution in [-0.4, -0.2) is 42.6 Å². The normalized spacial score (nSPS) is 10.8.